The van der Waals surface area contributed by atoms with Crippen molar-refractivity contribution in [3.8, 4) is 6.07 Å². The smallest absolute Gasteiger partial charge is 0.140 e. The molecule has 5 heteroatoms. The van der Waals surface area contributed by atoms with Gasteiger partial charge >= 0.3 is 0 Å². The molecule has 0 aromatic carbocycles. The molecule has 68 valence electrons. The van der Waals surface area contributed by atoms with E-state index in [-0.39, 0.29) is 0 Å². The maximum absolute atomic E-state index is 8.64. The molecule has 0 aliphatic heterocycles. The monoisotopic (exact) mass is 185 g/mol. The zero-order valence-corrected chi connectivity index (χ0v) is 7.33. The second-order valence-corrected chi connectivity index (χ2v) is 2.75. The number of rotatable bonds is 2. The van der Waals surface area contributed by atoms with Crippen LogP contribution in [-0.4, -0.2) is 19.7 Å². The van der Waals surface area contributed by atoms with Crippen LogP contribution in [-0.2, 0) is 6.54 Å². The number of pyridine rings is 1. The summed E-state index contributed by atoms with van der Waals surface area (Å²) in [5.41, 5.74) is 1.41. The fraction of sp³-hybridized carbons (Fsp3) is 0.111. The van der Waals surface area contributed by atoms with Gasteiger partial charge in [-0.25, -0.2) is 14.6 Å². The number of aromatic nitrogens is 4. The molecular weight excluding hydrogens is 178 g/mol. The molecule has 2 heterocycles. The van der Waals surface area contributed by atoms with Gasteiger partial charge in [0.2, 0.25) is 0 Å². The molecule has 0 radical (unpaired) electrons. The molecule has 0 N–H and O–H groups in total. The summed E-state index contributed by atoms with van der Waals surface area (Å²) in [6.07, 6.45) is 4.73. The van der Waals surface area contributed by atoms with Crippen molar-refractivity contribution in [2.45, 2.75) is 6.54 Å². The Balaban J connectivity index is 2.22. The van der Waals surface area contributed by atoms with Gasteiger partial charge in [-0.1, -0.05) is 0 Å². The highest BCUT2D eigenvalue weighted by atomic mass is 15.3. The first-order chi connectivity index (χ1) is 6.88. The van der Waals surface area contributed by atoms with E-state index in [2.05, 4.69) is 15.1 Å². The van der Waals surface area contributed by atoms with Gasteiger partial charge in [0.05, 0.1) is 6.54 Å². The van der Waals surface area contributed by atoms with Gasteiger partial charge in [-0.05, 0) is 17.7 Å². The summed E-state index contributed by atoms with van der Waals surface area (Å²) in [6, 6.07) is 5.58. The van der Waals surface area contributed by atoms with Crippen LogP contribution in [0.3, 0.4) is 0 Å². The van der Waals surface area contributed by atoms with Crippen LogP contribution in [0.5, 0.6) is 0 Å². The van der Waals surface area contributed by atoms with Crippen LogP contribution in [0.1, 0.15) is 11.3 Å². The topological polar surface area (TPSA) is 67.4 Å². The lowest BCUT2D eigenvalue weighted by Gasteiger charge is -1.99. The van der Waals surface area contributed by atoms with Crippen LogP contribution in [0.15, 0.2) is 31.0 Å². The average Bonchev–Trinajstić information content (AvgIpc) is 2.71. The van der Waals surface area contributed by atoms with Gasteiger partial charge in [0.25, 0.3) is 0 Å². The fourth-order valence-electron chi connectivity index (χ4n) is 1.14. The van der Waals surface area contributed by atoms with Crippen molar-refractivity contribution in [1.82, 2.24) is 19.7 Å². The Morgan fingerprint density at radius 2 is 2.43 bits per heavy atom. The molecule has 2 aromatic rings. The molecule has 0 fully saturated rings. The molecule has 0 atom stereocenters. The number of nitrogens with zero attached hydrogens (tertiary/aromatic N) is 5. The third-order valence-electron chi connectivity index (χ3n) is 1.75. The molecule has 5 nitrogen and oxygen atoms in total. The highest BCUT2D eigenvalue weighted by Crippen LogP contribution is 2.02. The van der Waals surface area contributed by atoms with Gasteiger partial charge in [0.1, 0.15) is 24.4 Å². The van der Waals surface area contributed by atoms with Gasteiger partial charge in [-0.3, -0.25) is 0 Å². The summed E-state index contributed by atoms with van der Waals surface area (Å²) >= 11 is 0. The van der Waals surface area contributed by atoms with Crippen molar-refractivity contribution in [3.63, 3.8) is 0 Å². The average molecular weight is 185 g/mol. The van der Waals surface area contributed by atoms with E-state index in [4.69, 9.17) is 5.26 Å². The summed E-state index contributed by atoms with van der Waals surface area (Å²) in [4.78, 5) is 7.71. The Hall–Kier alpha value is -2.22. The molecular formula is C9H7N5. The minimum Gasteiger partial charge on any atom is -0.249 e. The number of nitriles is 1. The molecule has 0 saturated heterocycles. The van der Waals surface area contributed by atoms with Crippen molar-refractivity contribution < 1.29 is 0 Å². The number of hydrogen-bond acceptors (Lipinski definition) is 4. The zero-order valence-electron chi connectivity index (χ0n) is 7.33. The maximum atomic E-state index is 8.64. The minimum absolute atomic E-state index is 0.419. The van der Waals surface area contributed by atoms with Crippen LogP contribution in [0.25, 0.3) is 0 Å². The Kier molecular flexibility index (Phi) is 2.19. The Morgan fingerprint density at radius 1 is 1.50 bits per heavy atom. The van der Waals surface area contributed by atoms with Crippen LogP contribution in [0.2, 0.25) is 0 Å². The largest absolute Gasteiger partial charge is 0.249 e. The van der Waals surface area contributed by atoms with E-state index in [1.165, 1.54) is 6.33 Å². The molecule has 0 spiro atoms. The molecule has 2 rings (SSSR count). The van der Waals surface area contributed by atoms with Crippen molar-refractivity contribution in [1.29, 1.82) is 5.26 Å². The quantitative estimate of drug-likeness (QED) is 0.686. The van der Waals surface area contributed by atoms with E-state index >= 15 is 0 Å². The van der Waals surface area contributed by atoms with Gasteiger partial charge in [-0.15, -0.1) is 0 Å². The van der Waals surface area contributed by atoms with Crippen LogP contribution in [0, 0.1) is 11.3 Å². The predicted molar refractivity (Wildman–Crippen MR) is 48.1 cm³/mol. The Morgan fingerprint density at radius 3 is 3.14 bits per heavy atom. The molecule has 2 aromatic heterocycles. The van der Waals surface area contributed by atoms with Gasteiger partial charge in [0.15, 0.2) is 0 Å². The van der Waals surface area contributed by atoms with E-state index in [1.807, 2.05) is 12.1 Å². The lowest BCUT2D eigenvalue weighted by Crippen LogP contribution is -2.00. The van der Waals surface area contributed by atoms with E-state index in [9.17, 15) is 0 Å². The van der Waals surface area contributed by atoms with Crippen molar-refractivity contribution in [2.75, 3.05) is 0 Å². The summed E-state index contributed by atoms with van der Waals surface area (Å²) in [6.45, 7) is 0.608. The summed E-state index contributed by atoms with van der Waals surface area (Å²) in [5.74, 6) is 0. The zero-order chi connectivity index (χ0) is 9.80. The second-order valence-electron chi connectivity index (χ2n) is 2.75. The molecule has 0 aliphatic rings. The van der Waals surface area contributed by atoms with Gasteiger partial charge in [-0.2, -0.15) is 10.4 Å². The Labute approximate surface area is 80.7 Å². The highest BCUT2D eigenvalue weighted by Gasteiger charge is 1.97. The molecule has 0 saturated carbocycles. The molecule has 0 bridgehead atoms. The van der Waals surface area contributed by atoms with E-state index < -0.39 is 0 Å². The third kappa shape index (κ3) is 1.75. The summed E-state index contributed by atoms with van der Waals surface area (Å²) < 4.78 is 1.69. The normalized spacial score (nSPS) is 9.64. The predicted octanol–water partition coefficient (Wildman–Crippen LogP) is 0.593. The van der Waals surface area contributed by atoms with Crippen molar-refractivity contribution >= 4 is 0 Å². The van der Waals surface area contributed by atoms with Crippen LogP contribution in [0.4, 0.5) is 0 Å². The van der Waals surface area contributed by atoms with Gasteiger partial charge < -0.3 is 0 Å². The molecule has 0 aliphatic carbocycles. The van der Waals surface area contributed by atoms with E-state index in [0.29, 0.717) is 12.2 Å². The van der Waals surface area contributed by atoms with Crippen molar-refractivity contribution in [2.24, 2.45) is 0 Å². The fourth-order valence-corrected chi connectivity index (χ4v) is 1.14. The molecule has 14 heavy (non-hydrogen) atoms. The van der Waals surface area contributed by atoms with E-state index in [0.717, 1.165) is 5.56 Å². The first-order valence-electron chi connectivity index (χ1n) is 4.06. The third-order valence-corrected chi connectivity index (χ3v) is 1.75. The van der Waals surface area contributed by atoms with Crippen molar-refractivity contribution in [3.05, 3.63) is 42.2 Å². The van der Waals surface area contributed by atoms with Gasteiger partial charge in [0, 0.05) is 6.20 Å². The molecule has 0 unspecified atom stereocenters. The maximum Gasteiger partial charge on any atom is 0.140 e. The highest BCUT2D eigenvalue weighted by molar-refractivity contribution is 5.25. The summed E-state index contributed by atoms with van der Waals surface area (Å²) in [5, 5.41) is 12.6. The van der Waals surface area contributed by atoms with Crippen LogP contribution >= 0.6 is 0 Å². The van der Waals surface area contributed by atoms with Crippen LogP contribution < -0.4 is 0 Å². The number of hydrogen-bond donors (Lipinski definition) is 0. The van der Waals surface area contributed by atoms with E-state index in [1.54, 1.807) is 23.3 Å². The SMILES string of the molecule is N#Cc1cc(Cn2cncn2)ccn1. The first-order valence-corrected chi connectivity index (χ1v) is 4.06. The lowest BCUT2D eigenvalue weighted by atomic mass is 10.2. The second kappa shape index (κ2) is 3.66. The standard InChI is InChI=1S/C9H7N5/c10-4-9-3-8(1-2-12-9)5-14-7-11-6-13-14/h1-3,6-7H,5H2. The lowest BCUT2D eigenvalue weighted by molar-refractivity contribution is 0.684. The summed E-state index contributed by atoms with van der Waals surface area (Å²) in [7, 11) is 0. The molecule has 0 amide bonds. The minimum atomic E-state index is 0.419. The first kappa shape index (κ1) is 8.38. The Bertz CT molecular complexity index is 454.